The number of alkyl carbamates (subject to hydrolysis) is 1. The lowest BCUT2D eigenvalue weighted by atomic mass is 10.0. The third-order valence-electron chi connectivity index (χ3n) is 8.71. The molecule has 3 aliphatic rings. The fourth-order valence-electron chi connectivity index (χ4n) is 6.20. The first kappa shape index (κ1) is 33.9. The van der Waals surface area contributed by atoms with Crippen molar-refractivity contribution in [2.75, 3.05) is 20.3 Å². The van der Waals surface area contributed by atoms with Crippen LogP contribution in [-0.2, 0) is 23.9 Å². The molecule has 3 heterocycles. The number of methoxy groups -OCH3 is 1. The van der Waals surface area contributed by atoms with Crippen LogP contribution in [-0.4, -0.2) is 92.5 Å². The molecule has 47 heavy (non-hydrogen) atoms. The van der Waals surface area contributed by atoms with Crippen LogP contribution in [0.4, 0.5) is 4.79 Å². The van der Waals surface area contributed by atoms with Crippen molar-refractivity contribution < 1.29 is 33.4 Å². The highest BCUT2D eigenvalue weighted by Crippen LogP contribution is 2.46. The molecule has 254 valence electrons. The molecule has 0 spiro atoms. The van der Waals surface area contributed by atoms with Crippen LogP contribution >= 0.6 is 0 Å². The third kappa shape index (κ3) is 7.91. The molecule has 1 saturated heterocycles. The number of benzene rings is 1. The fourth-order valence-corrected chi connectivity index (χ4v) is 6.20. The van der Waals surface area contributed by atoms with E-state index in [2.05, 4.69) is 26.0 Å². The Balaban J connectivity index is 1.45. The van der Waals surface area contributed by atoms with Crippen LogP contribution in [0.2, 0.25) is 0 Å². The van der Waals surface area contributed by atoms with E-state index in [1.54, 1.807) is 59.1 Å². The van der Waals surface area contributed by atoms with E-state index >= 15 is 0 Å². The second-order valence-corrected chi connectivity index (χ2v) is 13.3. The first-order valence-electron chi connectivity index (χ1n) is 16.3. The lowest BCUT2D eigenvalue weighted by Gasteiger charge is -2.30. The number of nitrogens with one attached hydrogen (secondary N) is 2. The maximum atomic E-state index is 14.3. The summed E-state index contributed by atoms with van der Waals surface area (Å²) >= 11 is 0. The van der Waals surface area contributed by atoms with Crippen LogP contribution in [0.15, 0.2) is 36.4 Å². The average molecular weight is 652 g/mol. The van der Waals surface area contributed by atoms with Gasteiger partial charge in [-0.2, -0.15) is 0 Å². The van der Waals surface area contributed by atoms with E-state index < -0.39 is 53.0 Å². The molecular weight excluding hydrogens is 606 g/mol. The second-order valence-electron chi connectivity index (χ2n) is 13.3. The number of esters is 1. The summed E-state index contributed by atoms with van der Waals surface area (Å²) in [6.45, 7) is 7.27. The summed E-state index contributed by atoms with van der Waals surface area (Å²) in [5, 5.41) is 18.8. The van der Waals surface area contributed by atoms with Gasteiger partial charge in [0.25, 0.3) is 0 Å². The number of allylic oxidation sites excluding steroid dienone is 1. The van der Waals surface area contributed by atoms with E-state index in [0.29, 0.717) is 36.5 Å². The molecule has 2 aliphatic heterocycles. The van der Waals surface area contributed by atoms with Crippen molar-refractivity contribution in [1.29, 1.82) is 0 Å². The molecular formula is C33H45N7O7. The van der Waals surface area contributed by atoms with E-state index in [1.807, 2.05) is 12.2 Å². The van der Waals surface area contributed by atoms with Gasteiger partial charge in [-0.15, -0.1) is 15.0 Å². The van der Waals surface area contributed by atoms with Crippen LogP contribution in [0.5, 0.6) is 5.75 Å². The number of hydrogen-bond donors (Lipinski definition) is 2. The normalized spacial score (nSPS) is 27.3. The number of tetrazole rings is 1. The van der Waals surface area contributed by atoms with Crippen molar-refractivity contribution in [1.82, 2.24) is 35.7 Å². The predicted octanol–water partition coefficient (Wildman–Crippen LogP) is 3.21. The summed E-state index contributed by atoms with van der Waals surface area (Å²) in [7, 11) is 1.58. The number of hydrogen-bond acceptors (Lipinski definition) is 10. The molecule has 0 radical (unpaired) electrons. The van der Waals surface area contributed by atoms with Gasteiger partial charge in [-0.1, -0.05) is 25.0 Å². The smallest absolute Gasteiger partial charge is 0.408 e. The van der Waals surface area contributed by atoms with Crippen LogP contribution in [0.1, 0.15) is 84.4 Å². The zero-order valence-corrected chi connectivity index (χ0v) is 27.7. The molecule has 14 nitrogen and oxygen atoms in total. The molecule has 1 aromatic carbocycles. The Hall–Kier alpha value is -4.49. The molecule has 2 aromatic rings. The number of ether oxygens (including phenoxy) is 3. The monoisotopic (exact) mass is 651 g/mol. The van der Waals surface area contributed by atoms with Crippen LogP contribution in [0.3, 0.4) is 0 Å². The van der Waals surface area contributed by atoms with Crippen molar-refractivity contribution in [3.63, 3.8) is 0 Å². The Labute approximate surface area is 274 Å². The Morgan fingerprint density at radius 3 is 2.60 bits per heavy atom. The van der Waals surface area contributed by atoms with E-state index in [-0.39, 0.29) is 25.5 Å². The number of amides is 3. The first-order chi connectivity index (χ1) is 22.4. The summed E-state index contributed by atoms with van der Waals surface area (Å²) in [5.74, 6) is -0.964. The van der Waals surface area contributed by atoms with Gasteiger partial charge >= 0.3 is 12.1 Å². The highest BCUT2D eigenvalue weighted by Gasteiger charge is 2.62. The minimum atomic E-state index is -1.19. The molecule has 5 rings (SSSR count). The quantitative estimate of drug-likeness (QED) is 0.350. The van der Waals surface area contributed by atoms with Crippen LogP contribution < -0.4 is 15.4 Å². The molecule has 1 unspecified atom stereocenters. The van der Waals surface area contributed by atoms with Gasteiger partial charge in [0.1, 0.15) is 29.0 Å². The summed E-state index contributed by atoms with van der Waals surface area (Å²) in [4.78, 5) is 57.2. The van der Waals surface area contributed by atoms with Crippen LogP contribution in [0, 0.1) is 5.92 Å². The predicted molar refractivity (Wildman–Crippen MR) is 170 cm³/mol. The van der Waals surface area contributed by atoms with Crippen molar-refractivity contribution in [3.05, 3.63) is 42.2 Å². The van der Waals surface area contributed by atoms with Gasteiger partial charge in [-0.05, 0) is 89.3 Å². The Bertz CT molecular complexity index is 1480. The molecule has 14 heteroatoms. The number of fused-ring (bicyclic) bond motifs is 2. The molecule has 5 atom stereocenters. The number of carbonyl (C=O) groups is 4. The molecule has 1 saturated carbocycles. The largest absolute Gasteiger partial charge is 0.497 e. The van der Waals surface area contributed by atoms with Gasteiger partial charge in [-0.3, -0.25) is 9.59 Å². The number of carbonyl (C=O) groups excluding carboxylic acids is 4. The SMILES string of the molecule is CCOC(=O)[C@@]12CC1/C=C\CCCCC[C@H](NC(=O)OC(C)(C)C)C(=O)N1C[C@H](c3nnn(-c4ccc(OC)cc4)n3)C[C@H]1C(=O)N2. The van der Waals surface area contributed by atoms with Crippen LogP contribution in [0.25, 0.3) is 5.69 Å². The summed E-state index contributed by atoms with van der Waals surface area (Å²) in [6.07, 6.45) is 7.48. The highest BCUT2D eigenvalue weighted by molar-refractivity contribution is 5.96. The molecule has 1 aromatic heterocycles. The minimum Gasteiger partial charge on any atom is -0.497 e. The van der Waals surface area contributed by atoms with E-state index in [0.717, 1.165) is 19.3 Å². The minimum absolute atomic E-state index is 0.119. The van der Waals surface area contributed by atoms with Gasteiger partial charge < -0.3 is 29.7 Å². The molecule has 2 fully saturated rings. The Morgan fingerprint density at radius 2 is 1.89 bits per heavy atom. The first-order valence-corrected chi connectivity index (χ1v) is 16.3. The van der Waals surface area contributed by atoms with E-state index in [4.69, 9.17) is 14.2 Å². The van der Waals surface area contributed by atoms with Crippen molar-refractivity contribution in [2.45, 2.75) is 102 Å². The summed E-state index contributed by atoms with van der Waals surface area (Å²) in [5.41, 5.74) is -1.29. The number of aromatic nitrogens is 4. The molecule has 1 aliphatic carbocycles. The standard InChI is InChI=1S/C33H45N7O7/c1-6-46-30(43)33-19-22(33)12-10-8-7-9-11-13-25(34-31(44)47-32(2,3)4)29(42)39-20-21(18-26(39)28(41)35-33)27-36-38-40(37-27)23-14-16-24(45-5)17-15-23/h10,12,14-17,21-22,25-26H,6-9,11,13,18-20H2,1-5H3,(H,34,44)(H,35,41)/b12-10-/t21-,22?,25+,26+,33-/m1/s1. The number of rotatable bonds is 6. The topological polar surface area (TPSA) is 167 Å². The average Bonchev–Trinajstić information content (AvgIpc) is 3.34. The molecule has 3 amide bonds. The summed E-state index contributed by atoms with van der Waals surface area (Å²) in [6, 6.07) is 5.28. The highest BCUT2D eigenvalue weighted by atomic mass is 16.6. The Morgan fingerprint density at radius 1 is 1.13 bits per heavy atom. The lowest BCUT2D eigenvalue weighted by molar-refractivity contribution is -0.150. The van der Waals surface area contributed by atoms with Gasteiger partial charge in [0.2, 0.25) is 11.8 Å². The summed E-state index contributed by atoms with van der Waals surface area (Å²) < 4.78 is 16.1. The molecule has 2 N–H and O–H groups in total. The zero-order valence-electron chi connectivity index (χ0n) is 27.7. The van der Waals surface area contributed by atoms with E-state index in [9.17, 15) is 19.2 Å². The van der Waals surface area contributed by atoms with E-state index in [1.165, 1.54) is 9.70 Å². The maximum absolute atomic E-state index is 14.3. The lowest BCUT2D eigenvalue weighted by Crippen LogP contribution is -2.56. The van der Waals surface area contributed by atoms with Crippen molar-refractivity contribution in [3.8, 4) is 11.4 Å². The van der Waals surface area contributed by atoms with Crippen molar-refractivity contribution >= 4 is 23.9 Å². The number of nitrogens with zero attached hydrogens (tertiary/aromatic N) is 5. The fraction of sp³-hybridized carbons (Fsp3) is 0.606. The van der Waals surface area contributed by atoms with Gasteiger partial charge in [0.15, 0.2) is 5.82 Å². The maximum Gasteiger partial charge on any atom is 0.408 e. The van der Waals surface area contributed by atoms with Crippen molar-refractivity contribution in [2.24, 2.45) is 5.92 Å². The van der Waals surface area contributed by atoms with Gasteiger partial charge in [0.05, 0.1) is 19.4 Å². The third-order valence-corrected chi connectivity index (χ3v) is 8.71. The van der Waals surface area contributed by atoms with Gasteiger partial charge in [-0.25, -0.2) is 9.59 Å². The Kier molecular flexibility index (Phi) is 10.2. The second kappa shape index (κ2) is 14.1. The zero-order chi connectivity index (χ0) is 33.8. The van der Waals surface area contributed by atoms with Gasteiger partial charge in [0, 0.05) is 18.4 Å². The molecule has 0 bridgehead atoms.